The summed E-state index contributed by atoms with van der Waals surface area (Å²) < 4.78 is 0. The third-order valence-corrected chi connectivity index (χ3v) is 4.50. The molecule has 0 bridgehead atoms. The zero-order valence-electron chi connectivity index (χ0n) is 10.6. The first-order valence-electron chi connectivity index (χ1n) is 6.02. The summed E-state index contributed by atoms with van der Waals surface area (Å²) in [5.41, 5.74) is 7.07. The van der Waals surface area contributed by atoms with Crippen molar-refractivity contribution in [1.29, 1.82) is 0 Å². The molecule has 0 saturated heterocycles. The number of nitrogens with two attached hydrogens (primary N) is 1. The Hall–Kier alpha value is -0.670. The van der Waals surface area contributed by atoms with E-state index in [2.05, 4.69) is 6.07 Å². The van der Waals surface area contributed by atoms with E-state index in [0.29, 0.717) is 0 Å². The lowest BCUT2D eigenvalue weighted by Crippen LogP contribution is -2.18. The van der Waals surface area contributed by atoms with Gasteiger partial charge in [0.05, 0.1) is 5.02 Å². The van der Waals surface area contributed by atoms with Gasteiger partial charge in [-0.3, -0.25) is 0 Å². The number of hydrogen-bond donors (Lipinski definition) is 1. The first-order chi connectivity index (χ1) is 9.06. The van der Waals surface area contributed by atoms with Crippen LogP contribution in [0.15, 0.2) is 52.3 Å². The van der Waals surface area contributed by atoms with Crippen molar-refractivity contribution < 1.29 is 0 Å². The smallest absolute Gasteiger partial charge is 0.0548 e. The molecule has 0 aromatic heterocycles. The molecule has 2 N–H and O–H groups in total. The standard InChI is InChI=1S/C15H15Cl2NS/c1-10(18)9-11-3-2-4-14(17)15(11)19-13-7-5-12(16)6-8-13/h2-8,10H,9,18H2,1H3. The van der Waals surface area contributed by atoms with E-state index in [4.69, 9.17) is 28.9 Å². The molecule has 4 heteroatoms. The van der Waals surface area contributed by atoms with Crippen LogP contribution in [-0.4, -0.2) is 6.04 Å². The fourth-order valence-corrected chi connectivity index (χ4v) is 3.19. The van der Waals surface area contributed by atoms with E-state index in [0.717, 1.165) is 26.3 Å². The fraction of sp³-hybridized carbons (Fsp3) is 0.200. The molecule has 0 spiro atoms. The van der Waals surface area contributed by atoms with Crippen LogP contribution in [0.25, 0.3) is 0 Å². The molecule has 0 amide bonds. The highest BCUT2D eigenvalue weighted by Crippen LogP contribution is 2.36. The van der Waals surface area contributed by atoms with E-state index in [9.17, 15) is 0 Å². The maximum Gasteiger partial charge on any atom is 0.0548 e. The van der Waals surface area contributed by atoms with Crippen molar-refractivity contribution in [2.24, 2.45) is 5.73 Å². The van der Waals surface area contributed by atoms with Crippen LogP contribution in [-0.2, 0) is 6.42 Å². The maximum atomic E-state index is 6.31. The van der Waals surface area contributed by atoms with E-state index in [1.165, 1.54) is 5.56 Å². The molecule has 0 aliphatic carbocycles. The summed E-state index contributed by atoms with van der Waals surface area (Å²) in [7, 11) is 0. The molecule has 0 aliphatic heterocycles. The largest absolute Gasteiger partial charge is 0.328 e. The van der Waals surface area contributed by atoms with E-state index in [1.54, 1.807) is 11.8 Å². The second-order valence-electron chi connectivity index (χ2n) is 4.47. The lowest BCUT2D eigenvalue weighted by Gasteiger charge is -2.13. The number of rotatable bonds is 4. The van der Waals surface area contributed by atoms with Crippen molar-refractivity contribution in [3.05, 3.63) is 58.1 Å². The van der Waals surface area contributed by atoms with Gasteiger partial charge in [-0.25, -0.2) is 0 Å². The Labute approximate surface area is 128 Å². The zero-order chi connectivity index (χ0) is 13.8. The van der Waals surface area contributed by atoms with Crippen LogP contribution in [0.3, 0.4) is 0 Å². The van der Waals surface area contributed by atoms with Crippen LogP contribution >= 0.6 is 35.0 Å². The first kappa shape index (κ1) is 14.7. The number of halogens is 2. The minimum atomic E-state index is 0.114. The summed E-state index contributed by atoms with van der Waals surface area (Å²) in [5.74, 6) is 0. The Morgan fingerprint density at radius 1 is 1.11 bits per heavy atom. The SMILES string of the molecule is CC(N)Cc1cccc(Cl)c1Sc1ccc(Cl)cc1. The van der Waals surface area contributed by atoms with Crippen molar-refractivity contribution in [2.45, 2.75) is 29.2 Å². The molecule has 1 unspecified atom stereocenters. The van der Waals surface area contributed by atoms with Gasteiger partial charge in [0, 0.05) is 20.9 Å². The van der Waals surface area contributed by atoms with Crippen LogP contribution in [0.4, 0.5) is 0 Å². The Morgan fingerprint density at radius 3 is 2.42 bits per heavy atom. The third kappa shape index (κ3) is 4.15. The lowest BCUT2D eigenvalue weighted by atomic mass is 10.1. The summed E-state index contributed by atoms with van der Waals surface area (Å²) in [6.45, 7) is 2.00. The van der Waals surface area contributed by atoms with E-state index in [1.807, 2.05) is 43.3 Å². The minimum Gasteiger partial charge on any atom is -0.328 e. The van der Waals surface area contributed by atoms with Crippen molar-refractivity contribution in [2.75, 3.05) is 0 Å². The van der Waals surface area contributed by atoms with Crippen molar-refractivity contribution in [3.8, 4) is 0 Å². The molecule has 1 nitrogen and oxygen atoms in total. The molecule has 2 aromatic rings. The van der Waals surface area contributed by atoms with Gasteiger partial charge >= 0.3 is 0 Å². The number of hydrogen-bond acceptors (Lipinski definition) is 2. The van der Waals surface area contributed by atoms with Crippen LogP contribution in [0.1, 0.15) is 12.5 Å². The molecule has 19 heavy (non-hydrogen) atoms. The minimum absolute atomic E-state index is 0.114. The normalized spacial score (nSPS) is 12.4. The molecular formula is C15H15Cl2NS. The van der Waals surface area contributed by atoms with Gasteiger partial charge in [-0.15, -0.1) is 0 Å². The van der Waals surface area contributed by atoms with Gasteiger partial charge in [0.15, 0.2) is 0 Å². The molecule has 2 rings (SSSR count). The Morgan fingerprint density at radius 2 is 1.79 bits per heavy atom. The average molecular weight is 312 g/mol. The van der Waals surface area contributed by atoms with Crippen LogP contribution in [0, 0.1) is 0 Å². The van der Waals surface area contributed by atoms with Crippen LogP contribution in [0.2, 0.25) is 10.0 Å². The van der Waals surface area contributed by atoms with Crippen LogP contribution in [0.5, 0.6) is 0 Å². The van der Waals surface area contributed by atoms with E-state index >= 15 is 0 Å². The van der Waals surface area contributed by atoms with Gasteiger partial charge in [-0.1, -0.05) is 47.1 Å². The maximum absolute atomic E-state index is 6.31. The highest BCUT2D eigenvalue weighted by Gasteiger charge is 2.10. The third-order valence-electron chi connectivity index (χ3n) is 2.62. The Kier molecular flexibility index (Phi) is 5.17. The van der Waals surface area contributed by atoms with Crippen molar-refractivity contribution in [3.63, 3.8) is 0 Å². The highest BCUT2D eigenvalue weighted by atomic mass is 35.5. The molecule has 0 heterocycles. The number of benzene rings is 2. The van der Waals surface area contributed by atoms with Gasteiger partial charge in [-0.05, 0) is 49.2 Å². The molecule has 0 saturated carbocycles. The quantitative estimate of drug-likeness (QED) is 0.856. The van der Waals surface area contributed by atoms with Crippen molar-refractivity contribution >= 4 is 35.0 Å². The van der Waals surface area contributed by atoms with Crippen LogP contribution < -0.4 is 5.73 Å². The predicted molar refractivity (Wildman–Crippen MR) is 84.4 cm³/mol. The second kappa shape index (κ2) is 6.67. The molecule has 0 aliphatic rings. The van der Waals surface area contributed by atoms with Crippen molar-refractivity contribution in [1.82, 2.24) is 0 Å². The molecule has 0 radical (unpaired) electrons. The molecule has 2 aromatic carbocycles. The second-order valence-corrected chi connectivity index (χ2v) is 6.39. The van der Waals surface area contributed by atoms with Gasteiger partial charge in [0.25, 0.3) is 0 Å². The van der Waals surface area contributed by atoms with Gasteiger partial charge < -0.3 is 5.73 Å². The highest BCUT2D eigenvalue weighted by molar-refractivity contribution is 7.99. The molecule has 0 fully saturated rings. The summed E-state index contributed by atoms with van der Waals surface area (Å²) >= 11 is 13.8. The van der Waals surface area contributed by atoms with Gasteiger partial charge in [-0.2, -0.15) is 0 Å². The molecular weight excluding hydrogens is 297 g/mol. The van der Waals surface area contributed by atoms with E-state index < -0.39 is 0 Å². The summed E-state index contributed by atoms with van der Waals surface area (Å²) in [6, 6.07) is 13.8. The Bertz CT molecular complexity index is 553. The first-order valence-corrected chi connectivity index (χ1v) is 7.60. The summed E-state index contributed by atoms with van der Waals surface area (Å²) in [4.78, 5) is 2.19. The monoisotopic (exact) mass is 311 g/mol. The Balaban J connectivity index is 2.30. The average Bonchev–Trinajstić information content (AvgIpc) is 2.35. The summed E-state index contributed by atoms with van der Waals surface area (Å²) in [6.07, 6.45) is 0.816. The fourth-order valence-electron chi connectivity index (χ4n) is 1.80. The summed E-state index contributed by atoms with van der Waals surface area (Å²) in [5, 5.41) is 1.50. The lowest BCUT2D eigenvalue weighted by molar-refractivity contribution is 0.729. The molecule has 100 valence electrons. The van der Waals surface area contributed by atoms with Gasteiger partial charge in [0.1, 0.15) is 0 Å². The zero-order valence-corrected chi connectivity index (χ0v) is 12.9. The predicted octanol–water partition coefficient (Wildman–Crippen LogP) is 5.03. The van der Waals surface area contributed by atoms with E-state index in [-0.39, 0.29) is 6.04 Å². The molecule has 1 atom stereocenters. The van der Waals surface area contributed by atoms with Gasteiger partial charge in [0.2, 0.25) is 0 Å². The topological polar surface area (TPSA) is 26.0 Å².